The van der Waals surface area contributed by atoms with E-state index >= 15 is 0 Å². The van der Waals surface area contributed by atoms with Crippen LogP contribution in [0.5, 0.6) is 0 Å². The van der Waals surface area contributed by atoms with Crippen molar-refractivity contribution in [1.29, 1.82) is 0 Å². The van der Waals surface area contributed by atoms with Gasteiger partial charge in [-0.1, -0.05) is 22.0 Å². The second kappa shape index (κ2) is 5.00. The van der Waals surface area contributed by atoms with Gasteiger partial charge in [0, 0.05) is 16.7 Å². The van der Waals surface area contributed by atoms with E-state index < -0.39 is 0 Å². The summed E-state index contributed by atoms with van der Waals surface area (Å²) in [6.45, 7) is 4.65. The van der Waals surface area contributed by atoms with Gasteiger partial charge >= 0.3 is 0 Å². The van der Waals surface area contributed by atoms with Crippen LogP contribution < -0.4 is 11.1 Å². The molecule has 4 heteroatoms. The van der Waals surface area contributed by atoms with Crippen LogP contribution in [0.25, 0.3) is 0 Å². The van der Waals surface area contributed by atoms with Gasteiger partial charge in [-0.3, -0.25) is 4.99 Å². The van der Waals surface area contributed by atoms with Gasteiger partial charge < -0.3 is 11.1 Å². The monoisotopic (exact) mass is 255 g/mol. The molecule has 14 heavy (non-hydrogen) atoms. The van der Waals surface area contributed by atoms with Gasteiger partial charge in [0.05, 0.1) is 0 Å². The third kappa shape index (κ3) is 3.03. The fraction of sp³-hybridized carbons (Fsp3) is 0.300. The number of aryl methyl sites for hydroxylation is 1. The first-order valence-corrected chi connectivity index (χ1v) is 5.26. The van der Waals surface area contributed by atoms with E-state index in [9.17, 15) is 0 Å². The molecule has 1 aromatic rings. The summed E-state index contributed by atoms with van der Waals surface area (Å²) in [5, 5.41) is 3.05. The Morgan fingerprint density at radius 2 is 2.29 bits per heavy atom. The van der Waals surface area contributed by atoms with Crippen LogP contribution in [0.1, 0.15) is 12.5 Å². The highest BCUT2D eigenvalue weighted by atomic mass is 79.9. The van der Waals surface area contributed by atoms with Crippen molar-refractivity contribution in [3.8, 4) is 0 Å². The Morgan fingerprint density at radius 1 is 1.57 bits per heavy atom. The Bertz CT molecular complexity index is 347. The van der Waals surface area contributed by atoms with Crippen molar-refractivity contribution >= 4 is 27.6 Å². The van der Waals surface area contributed by atoms with Crippen LogP contribution in [0.4, 0.5) is 5.69 Å². The van der Waals surface area contributed by atoms with Crippen molar-refractivity contribution in [2.24, 2.45) is 10.7 Å². The Labute approximate surface area is 92.5 Å². The fourth-order valence-corrected chi connectivity index (χ4v) is 1.44. The maximum Gasteiger partial charge on any atom is 0.193 e. The standard InChI is InChI=1S/C10H14BrN3/c1-3-13-10(12)14-9-6-8(11)5-4-7(9)2/h4-6H,3H2,1-2H3,(H3,12,13,14). The molecule has 0 spiro atoms. The SMILES string of the molecule is CCN=C(N)Nc1cc(Br)ccc1C. The number of rotatable bonds is 2. The minimum absolute atomic E-state index is 0.453. The lowest BCUT2D eigenvalue weighted by Crippen LogP contribution is -2.23. The molecule has 0 amide bonds. The van der Waals surface area contributed by atoms with Crippen molar-refractivity contribution in [3.05, 3.63) is 28.2 Å². The molecule has 0 unspecified atom stereocenters. The predicted molar refractivity (Wildman–Crippen MR) is 64.7 cm³/mol. The Morgan fingerprint density at radius 3 is 2.93 bits per heavy atom. The molecule has 1 aromatic carbocycles. The normalized spacial score (nSPS) is 11.5. The smallest absolute Gasteiger partial charge is 0.193 e. The van der Waals surface area contributed by atoms with Crippen molar-refractivity contribution in [2.75, 3.05) is 11.9 Å². The average molecular weight is 256 g/mol. The first-order valence-electron chi connectivity index (χ1n) is 4.46. The number of hydrogen-bond acceptors (Lipinski definition) is 1. The first-order chi connectivity index (χ1) is 6.63. The predicted octanol–water partition coefficient (Wildman–Crippen LogP) is 2.50. The van der Waals surface area contributed by atoms with Crippen LogP contribution in [-0.2, 0) is 0 Å². The van der Waals surface area contributed by atoms with Crippen LogP contribution in [-0.4, -0.2) is 12.5 Å². The third-order valence-corrected chi connectivity index (χ3v) is 2.28. The highest BCUT2D eigenvalue weighted by molar-refractivity contribution is 9.10. The zero-order valence-electron chi connectivity index (χ0n) is 8.34. The summed E-state index contributed by atoms with van der Waals surface area (Å²) in [7, 11) is 0. The van der Waals surface area contributed by atoms with E-state index in [1.165, 1.54) is 0 Å². The minimum atomic E-state index is 0.453. The van der Waals surface area contributed by atoms with Crippen molar-refractivity contribution in [3.63, 3.8) is 0 Å². The molecule has 0 aromatic heterocycles. The molecule has 0 atom stereocenters. The second-order valence-corrected chi connectivity index (χ2v) is 3.86. The molecule has 1 rings (SSSR count). The first kappa shape index (κ1) is 11.0. The Hall–Kier alpha value is -1.03. The zero-order valence-corrected chi connectivity index (χ0v) is 9.93. The van der Waals surface area contributed by atoms with E-state index in [0.29, 0.717) is 12.5 Å². The average Bonchev–Trinajstić information content (AvgIpc) is 2.12. The van der Waals surface area contributed by atoms with E-state index in [2.05, 4.69) is 26.2 Å². The molecule has 3 nitrogen and oxygen atoms in total. The number of benzene rings is 1. The van der Waals surface area contributed by atoms with E-state index in [1.807, 2.05) is 32.0 Å². The molecule has 0 fully saturated rings. The number of nitrogens with zero attached hydrogens (tertiary/aromatic N) is 1. The third-order valence-electron chi connectivity index (χ3n) is 1.79. The van der Waals surface area contributed by atoms with Gasteiger partial charge in [0.2, 0.25) is 0 Å². The summed E-state index contributed by atoms with van der Waals surface area (Å²) in [5.74, 6) is 0.453. The number of anilines is 1. The maximum atomic E-state index is 5.66. The lowest BCUT2D eigenvalue weighted by molar-refractivity contribution is 1.12. The van der Waals surface area contributed by atoms with Gasteiger partial charge in [-0.15, -0.1) is 0 Å². The summed E-state index contributed by atoms with van der Waals surface area (Å²) in [5.41, 5.74) is 7.78. The zero-order chi connectivity index (χ0) is 10.6. The number of hydrogen-bond donors (Lipinski definition) is 2. The van der Waals surface area contributed by atoms with Crippen molar-refractivity contribution in [2.45, 2.75) is 13.8 Å². The number of aliphatic imine (C=N–C) groups is 1. The fourth-order valence-electron chi connectivity index (χ4n) is 1.08. The highest BCUT2D eigenvalue weighted by Gasteiger charge is 1.99. The summed E-state index contributed by atoms with van der Waals surface area (Å²) < 4.78 is 1.02. The van der Waals surface area contributed by atoms with Crippen molar-refractivity contribution in [1.82, 2.24) is 0 Å². The van der Waals surface area contributed by atoms with Crippen LogP contribution >= 0.6 is 15.9 Å². The lowest BCUT2D eigenvalue weighted by Gasteiger charge is -2.08. The molecule has 0 aliphatic rings. The Balaban J connectivity index is 2.85. The van der Waals surface area contributed by atoms with E-state index in [0.717, 1.165) is 15.7 Å². The number of nitrogens with one attached hydrogen (secondary N) is 1. The maximum absolute atomic E-state index is 5.66. The van der Waals surface area contributed by atoms with Crippen molar-refractivity contribution < 1.29 is 0 Å². The number of guanidine groups is 1. The molecule has 76 valence electrons. The van der Waals surface area contributed by atoms with E-state index in [-0.39, 0.29) is 0 Å². The van der Waals surface area contributed by atoms with Crippen LogP contribution in [0.2, 0.25) is 0 Å². The van der Waals surface area contributed by atoms with Crippen LogP contribution in [0.3, 0.4) is 0 Å². The second-order valence-electron chi connectivity index (χ2n) is 2.94. The highest BCUT2D eigenvalue weighted by Crippen LogP contribution is 2.20. The van der Waals surface area contributed by atoms with Gasteiger partial charge in [0.1, 0.15) is 0 Å². The molecule has 0 radical (unpaired) electrons. The van der Waals surface area contributed by atoms with Crippen LogP contribution in [0.15, 0.2) is 27.7 Å². The molecule has 3 N–H and O–H groups in total. The molecule has 0 aliphatic heterocycles. The number of halogens is 1. The summed E-state index contributed by atoms with van der Waals surface area (Å²) >= 11 is 3.40. The summed E-state index contributed by atoms with van der Waals surface area (Å²) in [6, 6.07) is 5.99. The summed E-state index contributed by atoms with van der Waals surface area (Å²) in [6.07, 6.45) is 0. The lowest BCUT2D eigenvalue weighted by atomic mass is 10.2. The molecule has 0 aliphatic carbocycles. The summed E-state index contributed by atoms with van der Waals surface area (Å²) in [4.78, 5) is 4.06. The molecular weight excluding hydrogens is 242 g/mol. The van der Waals surface area contributed by atoms with E-state index in [1.54, 1.807) is 0 Å². The molecule has 0 bridgehead atoms. The minimum Gasteiger partial charge on any atom is -0.370 e. The van der Waals surface area contributed by atoms with Gasteiger partial charge in [0.15, 0.2) is 5.96 Å². The quantitative estimate of drug-likeness (QED) is 0.631. The molecule has 0 heterocycles. The molecular formula is C10H14BrN3. The van der Waals surface area contributed by atoms with Gasteiger partial charge in [-0.05, 0) is 31.5 Å². The Kier molecular flexibility index (Phi) is 3.95. The topological polar surface area (TPSA) is 50.4 Å². The van der Waals surface area contributed by atoms with E-state index in [4.69, 9.17) is 5.73 Å². The largest absolute Gasteiger partial charge is 0.370 e. The van der Waals surface area contributed by atoms with Gasteiger partial charge in [-0.2, -0.15) is 0 Å². The molecule has 0 saturated carbocycles. The van der Waals surface area contributed by atoms with Crippen LogP contribution in [0, 0.1) is 6.92 Å². The van der Waals surface area contributed by atoms with Gasteiger partial charge in [0.25, 0.3) is 0 Å². The molecule has 0 saturated heterocycles. The number of nitrogens with two attached hydrogens (primary N) is 1. The van der Waals surface area contributed by atoms with Gasteiger partial charge in [-0.25, -0.2) is 0 Å².